The van der Waals surface area contributed by atoms with Crippen molar-refractivity contribution in [2.24, 2.45) is 5.92 Å². The van der Waals surface area contributed by atoms with E-state index in [0.717, 1.165) is 32.1 Å². The van der Waals surface area contributed by atoms with Crippen LogP contribution in [0.25, 0.3) is 0 Å². The number of hydrogen-bond donors (Lipinski definition) is 1. The van der Waals surface area contributed by atoms with Crippen molar-refractivity contribution in [2.45, 2.75) is 83.3 Å². The third-order valence-electron chi connectivity index (χ3n) is 5.41. The molecule has 0 aromatic heterocycles. The molecule has 1 saturated heterocycles. The molecule has 1 heterocycles. The van der Waals surface area contributed by atoms with Crippen LogP contribution < -0.4 is 5.32 Å². The second kappa shape index (κ2) is 8.81. The zero-order valence-electron chi connectivity index (χ0n) is 15.4. The predicted octanol–water partition coefficient (Wildman–Crippen LogP) is 3.83. The highest BCUT2D eigenvalue weighted by molar-refractivity contribution is 5.79. The van der Waals surface area contributed by atoms with Crippen molar-refractivity contribution in [3.05, 3.63) is 35.9 Å². The maximum atomic E-state index is 12.8. The van der Waals surface area contributed by atoms with Crippen molar-refractivity contribution in [2.75, 3.05) is 0 Å². The molecule has 2 fully saturated rings. The Bertz CT molecular complexity index is 537. The number of carbonyl (C=O) groups is 1. The van der Waals surface area contributed by atoms with E-state index in [0.29, 0.717) is 6.61 Å². The number of benzene rings is 1. The average molecular weight is 345 g/mol. The molecule has 1 aliphatic heterocycles. The van der Waals surface area contributed by atoms with Gasteiger partial charge in [-0.05, 0) is 45.1 Å². The molecule has 0 unspecified atom stereocenters. The topological polar surface area (TPSA) is 47.6 Å². The molecule has 25 heavy (non-hydrogen) atoms. The minimum atomic E-state index is 0.0652. The molecule has 4 nitrogen and oxygen atoms in total. The summed E-state index contributed by atoms with van der Waals surface area (Å²) in [5.41, 5.74) is 1.19. The molecular weight excluding hydrogens is 314 g/mol. The van der Waals surface area contributed by atoms with Crippen LogP contribution in [0.5, 0.6) is 0 Å². The lowest BCUT2D eigenvalue weighted by molar-refractivity contribution is -0.135. The molecule has 3 rings (SSSR count). The highest BCUT2D eigenvalue weighted by atomic mass is 16.5. The summed E-state index contributed by atoms with van der Waals surface area (Å²) in [6.45, 7) is 4.73. The van der Waals surface area contributed by atoms with Gasteiger partial charge in [0, 0.05) is 5.92 Å². The van der Waals surface area contributed by atoms with E-state index in [1.54, 1.807) is 0 Å². The van der Waals surface area contributed by atoms with Crippen LogP contribution in [0.2, 0.25) is 0 Å². The van der Waals surface area contributed by atoms with Crippen LogP contribution in [0.3, 0.4) is 0 Å². The van der Waals surface area contributed by atoms with Crippen molar-refractivity contribution < 1.29 is 14.3 Å². The lowest BCUT2D eigenvalue weighted by atomic mass is 9.89. The Morgan fingerprint density at radius 3 is 2.52 bits per heavy atom. The molecule has 4 atom stereocenters. The summed E-state index contributed by atoms with van der Waals surface area (Å²) in [4.78, 5) is 12.8. The van der Waals surface area contributed by atoms with Gasteiger partial charge in [0.15, 0.2) is 0 Å². The monoisotopic (exact) mass is 345 g/mol. The normalized spacial score (nSPS) is 33.0. The minimum Gasteiger partial charge on any atom is -0.376 e. The SMILES string of the molecule is C[C@@H]1CC(C(=O)N[C@@H]2CCCC[C@H]2OCc2ccccc2)C[C@@H](C)O1. The van der Waals surface area contributed by atoms with Crippen LogP contribution in [0.1, 0.15) is 57.9 Å². The first kappa shape index (κ1) is 18.4. The molecule has 0 spiro atoms. The highest BCUT2D eigenvalue weighted by Gasteiger charge is 2.33. The Balaban J connectivity index is 1.54. The lowest BCUT2D eigenvalue weighted by Gasteiger charge is -2.35. The quantitative estimate of drug-likeness (QED) is 0.882. The van der Waals surface area contributed by atoms with Crippen LogP contribution in [0.4, 0.5) is 0 Å². The van der Waals surface area contributed by atoms with Gasteiger partial charge in [-0.25, -0.2) is 0 Å². The van der Waals surface area contributed by atoms with Crippen LogP contribution >= 0.6 is 0 Å². The molecule has 1 saturated carbocycles. The maximum absolute atomic E-state index is 12.8. The Kier molecular flexibility index (Phi) is 6.49. The first-order valence-corrected chi connectivity index (χ1v) is 9.73. The summed E-state index contributed by atoms with van der Waals surface area (Å²) in [6.07, 6.45) is 6.46. The van der Waals surface area contributed by atoms with E-state index in [4.69, 9.17) is 9.47 Å². The first-order chi connectivity index (χ1) is 12.1. The van der Waals surface area contributed by atoms with E-state index in [1.165, 1.54) is 12.0 Å². The van der Waals surface area contributed by atoms with Gasteiger partial charge in [-0.15, -0.1) is 0 Å². The summed E-state index contributed by atoms with van der Waals surface area (Å²) in [7, 11) is 0. The van der Waals surface area contributed by atoms with Gasteiger partial charge in [0.1, 0.15) is 0 Å². The number of hydrogen-bond acceptors (Lipinski definition) is 3. The smallest absolute Gasteiger partial charge is 0.223 e. The summed E-state index contributed by atoms with van der Waals surface area (Å²) in [5, 5.41) is 3.30. The fourth-order valence-electron chi connectivity index (χ4n) is 4.16. The van der Waals surface area contributed by atoms with Crippen molar-refractivity contribution in [3.8, 4) is 0 Å². The van der Waals surface area contributed by atoms with E-state index in [2.05, 4.69) is 31.3 Å². The standard InChI is InChI=1S/C21H31NO3/c1-15-12-18(13-16(2)25-15)21(23)22-19-10-6-7-11-20(19)24-14-17-8-4-3-5-9-17/h3-5,8-9,15-16,18-20H,6-7,10-14H2,1-2H3,(H,22,23)/t15-,16-,19-,20-/m1/s1. The molecule has 0 radical (unpaired) electrons. The Morgan fingerprint density at radius 2 is 1.80 bits per heavy atom. The van der Waals surface area contributed by atoms with Gasteiger partial charge in [-0.1, -0.05) is 43.2 Å². The molecule has 1 N–H and O–H groups in total. The maximum Gasteiger partial charge on any atom is 0.223 e. The zero-order chi connectivity index (χ0) is 17.6. The highest BCUT2D eigenvalue weighted by Crippen LogP contribution is 2.27. The number of nitrogens with one attached hydrogen (secondary N) is 1. The molecule has 1 amide bonds. The number of ether oxygens (including phenoxy) is 2. The summed E-state index contributed by atoms with van der Waals surface area (Å²) in [6, 6.07) is 10.4. The van der Waals surface area contributed by atoms with Gasteiger partial charge in [0.25, 0.3) is 0 Å². The number of rotatable bonds is 5. The van der Waals surface area contributed by atoms with Crippen LogP contribution in [0.15, 0.2) is 30.3 Å². The summed E-state index contributed by atoms with van der Waals surface area (Å²) < 4.78 is 11.9. The number of carbonyl (C=O) groups excluding carboxylic acids is 1. The molecule has 1 aliphatic carbocycles. The van der Waals surface area contributed by atoms with Gasteiger partial charge >= 0.3 is 0 Å². The molecule has 2 aliphatic rings. The van der Waals surface area contributed by atoms with Crippen molar-refractivity contribution in [3.63, 3.8) is 0 Å². The Hall–Kier alpha value is -1.39. The Morgan fingerprint density at radius 1 is 1.12 bits per heavy atom. The fraction of sp³-hybridized carbons (Fsp3) is 0.667. The zero-order valence-corrected chi connectivity index (χ0v) is 15.4. The number of amides is 1. The van der Waals surface area contributed by atoms with Crippen LogP contribution in [0, 0.1) is 5.92 Å². The lowest BCUT2D eigenvalue weighted by Crippen LogP contribution is -2.49. The van der Waals surface area contributed by atoms with Gasteiger partial charge < -0.3 is 14.8 Å². The predicted molar refractivity (Wildman–Crippen MR) is 98.2 cm³/mol. The molecule has 1 aromatic rings. The van der Waals surface area contributed by atoms with Crippen molar-refractivity contribution >= 4 is 5.91 Å². The summed E-state index contributed by atoms with van der Waals surface area (Å²) >= 11 is 0. The van der Waals surface area contributed by atoms with Gasteiger partial charge in [-0.3, -0.25) is 4.79 Å². The average Bonchev–Trinajstić information content (AvgIpc) is 2.61. The molecule has 138 valence electrons. The van der Waals surface area contributed by atoms with E-state index in [-0.39, 0.29) is 36.2 Å². The molecule has 0 bridgehead atoms. The van der Waals surface area contributed by atoms with Crippen molar-refractivity contribution in [1.29, 1.82) is 0 Å². The van der Waals surface area contributed by atoms with Gasteiger partial charge in [0.05, 0.1) is 31.0 Å². The molecular formula is C21H31NO3. The van der Waals surface area contributed by atoms with Gasteiger partial charge in [0.2, 0.25) is 5.91 Å². The summed E-state index contributed by atoms with van der Waals surface area (Å²) in [5.74, 6) is 0.248. The third kappa shape index (κ3) is 5.29. The van der Waals surface area contributed by atoms with E-state index >= 15 is 0 Å². The van der Waals surface area contributed by atoms with E-state index < -0.39 is 0 Å². The second-order valence-corrected chi connectivity index (χ2v) is 7.66. The second-order valence-electron chi connectivity index (χ2n) is 7.66. The van der Waals surface area contributed by atoms with Gasteiger partial charge in [-0.2, -0.15) is 0 Å². The fourth-order valence-corrected chi connectivity index (χ4v) is 4.16. The van der Waals surface area contributed by atoms with Crippen molar-refractivity contribution in [1.82, 2.24) is 5.32 Å². The largest absolute Gasteiger partial charge is 0.376 e. The molecule has 4 heteroatoms. The van der Waals surface area contributed by atoms with Crippen LogP contribution in [-0.4, -0.2) is 30.3 Å². The van der Waals surface area contributed by atoms with E-state index in [9.17, 15) is 4.79 Å². The Labute approximate surface area is 151 Å². The molecule has 1 aromatic carbocycles. The van der Waals surface area contributed by atoms with E-state index in [1.807, 2.05) is 18.2 Å². The minimum absolute atomic E-state index is 0.0652. The third-order valence-corrected chi connectivity index (χ3v) is 5.41. The van der Waals surface area contributed by atoms with Crippen LogP contribution in [-0.2, 0) is 20.9 Å². The first-order valence-electron chi connectivity index (χ1n) is 9.73.